The normalized spacial score (nSPS) is 10.5. The number of methoxy groups -OCH3 is 1. The zero-order chi connectivity index (χ0) is 19.2. The number of urea groups is 1. The molecule has 1 heterocycles. The Morgan fingerprint density at radius 1 is 1.22 bits per heavy atom. The average Bonchev–Trinajstić information content (AvgIpc) is 2.59. The molecule has 0 saturated heterocycles. The second kappa shape index (κ2) is 10.3. The van der Waals surface area contributed by atoms with Gasteiger partial charge in [-0.1, -0.05) is 12.1 Å². The van der Waals surface area contributed by atoms with Crippen molar-refractivity contribution < 1.29 is 22.7 Å². The molecule has 0 aliphatic carbocycles. The topological polar surface area (TPSA) is 132 Å². The van der Waals surface area contributed by atoms with Crippen LogP contribution < -0.4 is 19.5 Å². The number of amides is 2. The highest BCUT2D eigenvalue weighted by molar-refractivity contribution is 7.90. The Morgan fingerprint density at radius 3 is 2.59 bits per heavy atom. The van der Waals surface area contributed by atoms with Gasteiger partial charge in [-0.05, 0) is 19.1 Å². The summed E-state index contributed by atoms with van der Waals surface area (Å²) in [5.74, 6) is 0.387. The lowest BCUT2D eigenvalue weighted by molar-refractivity contribution is 0.256. The minimum absolute atomic E-state index is 0. The van der Waals surface area contributed by atoms with Gasteiger partial charge in [0.2, 0.25) is 5.95 Å². The number of halogens is 1. The van der Waals surface area contributed by atoms with Crippen LogP contribution in [-0.2, 0) is 10.0 Å². The van der Waals surface area contributed by atoms with E-state index in [2.05, 4.69) is 20.3 Å². The number of rotatable bonds is 7. The Hall–Kier alpha value is -2.13. The highest BCUT2D eigenvalue weighted by Gasteiger charge is 2.22. The van der Waals surface area contributed by atoms with E-state index in [1.54, 1.807) is 13.0 Å². The molecule has 0 spiro atoms. The van der Waals surface area contributed by atoms with Gasteiger partial charge in [0.25, 0.3) is 10.0 Å². The fourth-order valence-corrected chi connectivity index (χ4v) is 2.98. The lowest BCUT2D eigenvalue weighted by Gasteiger charge is -2.12. The van der Waals surface area contributed by atoms with Crippen LogP contribution in [0.2, 0.25) is 0 Å². The van der Waals surface area contributed by atoms with Crippen LogP contribution in [0.15, 0.2) is 29.2 Å². The van der Waals surface area contributed by atoms with E-state index in [4.69, 9.17) is 21.1 Å². The van der Waals surface area contributed by atoms with Crippen LogP contribution in [0, 0.1) is 6.92 Å². The Balaban J connectivity index is 0.00000364. The van der Waals surface area contributed by atoms with E-state index in [9.17, 15) is 13.2 Å². The third kappa shape index (κ3) is 6.51. The molecule has 0 fully saturated rings. The Bertz CT molecular complexity index is 899. The number of hydrogen-bond donors (Lipinski definition) is 2. The van der Waals surface area contributed by atoms with Gasteiger partial charge in [-0.3, -0.25) is 5.32 Å². The molecule has 0 radical (unpaired) electrons. The first kappa shape index (κ1) is 22.9. The van der Waals surface area contributed by atoms with Crippen molar-refractivity contribution in [3.63, 3.8) is 0 Å². The lowest BCUT2D eigenvalue weighted by Crippen LogP contribution is -2.35. The van der Waals surface area contributed by atoms with Crippen LogP contribution in [0.25, 0.3) is 0 Å². The van der Waals surface area contributed by atoms with E-state index in [0.29, 0.717) is 0 Å². The third-order valence-corrected chi connectivity index (χ3v) is 4.36. The molecule has 0 unspecified atom stereocenters. The van der Waals surface area contributed by atoms with Gasteiger partial charge in [-0.25, -0.2) is 17.9 Å². The van der Waals surface area contributed by atoms with Gasteiger partial charge >= 0.3 is 12.0 Å². The van der Waals surface area contributed by atoms with Crippen molar-refractivity contribution in [2.45, 2.75) is 11.8 Å². The highest BCUT2D eigenvalue weighted by Crippen LogP contribution is 2.23. The van der Waals surface area contributed by atoms with Gasteiger partial charge in [-0.2, -0.15) is 15.0 Å². The molecular formula is C14H19AlClN5O5S. The Labute approximate surface area is 171 Å². The summed E-state index contributed by atoms with van der Waals surface area (Å²) in [5.41, 5.74) is 0. The summed E-state index contributed by atoms with van der Waals surface area (Å²) in [6.07, 6.45) is 0. The van der Waals surface area contributed by atoms with Crippen LogP contribution in [-0.4, -0.2) is 66.4 Å². The minimum Gasteiger partial charge on any atom is -0.491 e. The second-order valence-electron chi connectivity index (χ2n) is 4.74. The van der Waals surface area contributed by atoms with E-state index >= 15 is 0 Å². The first-order valence-electron chi connectivity index (χ1n) is 7.24. The Morgan fingerprint density at radius 2 is 1.93 bits per heavy atom. The summed E-state index contributed by atoms with van der Waals surface area (Å²) in [5, 5.41) is 2.21. The first-order valence-corrected chi connectivity index (χ1v) is 9.25. The van der Waals surface area contributed by atoms with E-state index < -0.39 is 16.1 Å². The van der Waals surface area contributed by atoms with Crippen molar-refractivity contribution in [1.29, 1.82) is 0 Å². The molecule has 0 atom stereocenters. The maximum absolute atomic E-state index is 12.4. The van der Waals surface area contributed by atoms with Crippen molar-refractivity contribution in [3.05, 3.63) is 30.1 Å². The lowest BCUT2D eigenvalue weighted by atomic mass is 10.3. The zero-order valence-corrected chi connectivity index (χ0v) is 15.5. The zero-order valence-electron chi connectivity index (χ0n) is 13.9. The number of carbonyl (C=O) groups excluding carboxylic acids is 1. The number of aromatic nitrogens is 3. The SMILES string of the molecule is COc1nc(C)nc(NC(=O)NS(=O)(=O)c2ccccc2OCCCl)n1.[AlH3]. The van der Waals surface area contributed by atoms with Crippen molar-refractivity contribution in [2.75, 3.05) is 24.9 Å². The summed E-state index contributed by atoms with van der Waals surface area (Å²) >= 11 is 5.55. The van der Waals surface area contributed by atoms with Crippen LogP contribution >= 0.6 is 11.6 Å². The van der Waals surface area contributed by atoms with Crippen LogP contribution in [0.5, 0.6) is 11.8 Å². The standard InChI is InChI=1S/C14H16ClN5O5S.Al.3H/c1-9-16-12(19-14(17-9)24-2)18-13(21)20-26(22,23)11-6-4-3-5-10(11)25-8-7-15;;;;/h3-6H,7-8H2,1-2H3,(H2,16,17,18,19,20,21);;;;. The number of nitrogens with one attached hydrogen (secondary N) is 2. The maximum atomic E-state index is 12.4. The van der Waals surface area contributed by atoms with Crippen LogP contribution in [0.3, 0.4) is 0 Å². The van der Waals surface area contributed by atoms with Crippen molar-refractivity contribution >= 4 is 51.0 Å². The third-order valence-electron chi connectivity index (χ3n) is 2.84. The molecule has 10 nitrogen and oxygen atoms in total. The van der Waals surface area contributed by atoms with Gasteiger partial charge in [0.1, 0.15) is 23.1 Å². The predicted molar refractivity (Wildman–Crippen MR) is 103 cm³/mol. The van der Waals surface area contributed by atoms with Crippen molar-refractivity contribution in [2.24, 2.45) is 0 Å². The van der Waals surface area contributed by atoms with E-state index in [0.717, 1.165) is 0 Å². The fraction of sp³-hybridized carbons (Fsp3) is 0.286. The summed E-state index contributed by atoms with van der Waals surface area (Å²) in [6, 6.07) is 4.79. The van der Waals surface area contributed by atoms with Crippen molar-refractivity contribution in [1.82, 2.24) is 19.7 Å². The van der Waals surface area contributed by atoms with Crippen LogP contribution in [0.1, 0.15) is 5.82 Å². The fourth-order valence-electron chi connectivity index (χ4n) is 1.85. The molecule has 2 aromatic rings. The van der Waals surface area contributed by atoms with Gasteiger partial charge in [0, 0.05) is 0 Å². The predicted octanol–water partition coefficient (Wildman–Crippen LogP) is 0.133. The number of ether oxygens (including phenoxy) is 2. The molecular weight excluding hydrogens is 413 g/mol. The summed E-state index contributed by atoms with van der Waals surface area (Å²) < 4.78 is 36.9. The van der Waals surface area contributed by atoms with Gasteiger partial charge in [0.15, 0.2) is 17.4 Å². The molecule has 2 rings (SSSR count). The maximum Gasteiger partial charge on any atom is 0.335 e. The summed E-state index contributed by atoms with van der Waals surface area (Å²) in [6.45, 7) is 1.68. The molecule has 146 valence electrons. The number of hydrogen-bond acceptors (Lipinski definition) is 8. The Kier molecular flexibility index (Phi) is 8.72. The van der Waals surface area contributed by atoms with Crippen LogP contribution in [0.4, 0.5) is 10.7 Å². The molecule has 0 aliphatic heterocycles. The molecule has 0 bridgehead atoms. The number of anilines is 1. The molecule has 1 aromatic carbocycles. The largest absolute Gasteiger partial charge is 0.491 e. The average molecular weight is 432 g/mol. The molecule has 2 N–H and O–H groups in total. The number of aryl methyl sites for hydroxylation is 1. The second-order valence-corrected chi connectivity index (χ2v) is 6.77. The van der Waals surface area contributed by atoms with E-state index in [-0.39, 0.29) is 58.3 Å². The van der Waals surface area contributed by atoms with Gasteiger partial charge in [0.05, 0.1) is 13.0 Å². The smallest absolute Gasteiger partial charge is 0.335 e. The van der Waals surface area contributed by atoms with Gasteiger partial charge < -0.3 is 9.47 Å². The molecule has 1 aromatic heterocycles. The minimum atomic E-state index is -4.20. The number of carbonyl (C=O) groups is 1. The number of benzene rings is 1. The molecule has 2 amide bonds. The number of nitrogens with zero attached hydrogens (tertiary/aromatic N) is 3. The molecule has 27 heavy (non-hydrogen) atoms. The van der Waals surface area contributed by atoms with Crippen molar-refractivity contribution in [3.8, 4) is 11.8 Å². The molecule has 13 heteroatoms. The molecule has 0 saturated carbocycles. The quantitative estimate of drug-likeness (QED) is 0.467. The summed E-state index contributed by atoms with van der Waals surface area (Å²) in [4.78, 5) is 23.4. The van der Waals surface area contributed by atoms with Gasteiger partial charge in [-0.15, -0.1) is 11.6 Å². The molecule has 0 aliphatic rings. The highest BCUT2D eigenvalue weighted by atomic mass is 35.5. The number of para-hydroxylation sites is 1. The first-order chi connectivity index (χ1) is 12.4. The number of sulfonamides is 1. The number of alkyl halides is 1. The summed E-state index contributed by atoms with van der Waals surface area (Å²) in [7, 11) is -2.85. The monoisotopic (exact) mass is 431 g/mol. The van der Waals surface area contributed by atoms with E-state index in [1.807, 2.05) is 4.72 Å². The van der Waals surface area contributed by atoms with E-state index in [1.165, 1.54) is 25.3 Å².